The van der Waals surface area contributed by atoms with Crippen molar-refractivity contribution < 1.29 is 9.53 Å². The molecule has 6 heteroatoms. The van der Waals surface area contributed by atoms with Crippen molar-refractivity contribution in [3.05, 3.63) is 16.1 Å². The molecule has 1 atom stereocenters. The van der Waals surface area contributed by atoms with Crippen LogP contribution >= 0.6 is 11.3 Å². The maximum absolute atomic E-state index is 12.2. The van der Waals surface area contributed by atoms with E-state index in [1.54, 1.807) is 11.3 Å². The maximum Gasteiger partial charge on any atom is 0.317 e. The highest BCUT2D eigenvalue weighted by Crippen LogP contribution is 2.28. The Labute approximate surface area is 142 Å². The number of aryl methyl sites for hydroxylation is 2. The summed E-state index contributed by atoms with van der Waals surface area (Å²) in [5, 5.41) is 6.28. The molecule has 0 saturated carbocycles. The lowest BCUT2D eigenvalue weighted by atomic mass is 9.90. The number of hydrogen-bond acceptors (Lipinski definition) is 4. The van der Waals surface area contributed by atoms with Gasteiger partial charge in [0.25, 0.3) is 0 Å². The monoisotopic (exact) mass is 337 g/mol. The van der Waals surface area contributed by atoms with Crippen LogP contribution < -0.4 is 5.32 Å². The number of amides is 2. The van der Waals surface area contributed by atoms with E-state index < -0.39 is 0 Å². The van der Waals surface area contributed by atoms with Gasteiger partial charge in [-0.3, -0.25) is 0 Å². The Morgan fingerprint density at radius 3 is 2.91 bits per heavy atom. The van der Waals surface area contributed by atoms with Gasteiger partial charge in [-0.05, 0) is 44.9 Å². The molecule has 3 heterocycles. The summed E-state index contributed by atoms with van der Waals surface area (Å²) in [7, 11) is 0. The second kappa shape index (κ2) is 8.11. The molecule has 2 aliphatic heterocycles. The summed E-state index contributed by atoms with van der Waals surface area (Å²) in [6.07, 6.45) is 6.90. The normalized spacial score (nSPS) is 22.5. The van der Waals surface area contributed by atoms with Gasteiger partial charge >= 0.3 is 6.03 Å². The van der Waals surface area contributed by atoms with Crippen LogP contribution in [-0.4, -0.2) is 48.3 Å². The van der Waals surface area contributed by atoms with Crippen molar-refractivity contribution in [2.75, 3.05) is 26.2 Å². The fraction of sp³-hybridized carbons (Fsp3) is 0.765. The number of nitrogens with one attached hydrogen (secondary N) is 1. The van der Waals surface area contributed by atoms with Gasteiger partial charge < -0.3 is 15.0 Å². The second-order valence-electron chi connectivity index (χ2n) is 6.59. The Morgan fingerprint density at radius 1 is 1.43 bits per heavy atom. The lowest BCUT2D eigenvalue weighted by Crippen LogP contribution is -2.46. The van der Waals surface area contributed by atoms with E-state index in [0.29, 0.717) is 12.0 Å². The van der Waals surface area contributed by atoms with Gasteiger partial charge in [-0.1, -0.05) is 0 Å². The van der Waals surface area contributed by atoms with E-state index in [9.17, 15) is 4.79 Å². The van der Waals surface area contributed by atoms with E-state index >= 15 is 0 Å². The molecule has 2 fully saturated rings. The number of carbonyl (C=O) groups is 1. The van der Waals surface area contributed by atoms with Crippen LogP contribution in [0.3, 0.4) is 0 Å². The zero-order valence-corrected chi connectivity index (χ0v) is 14.7. The molecule has 3 rings (SSSR count). The summed E-state index contributed by atoms with van der Waals surface area (Å²) < 4.78 is 5.79. The van der Waals surface area contributed by atoms with Gasteiger partial charge in [-0.25, -0.2) is 9.78 Å². The third-order valence-corrected chi connectivity index (χ3v) is 5.85. The zero-order chi connectivity index (χ0) is 16.1. The first kappa shape index (κ1) is 16.7. The van der Waals surface area contributed by atoms with Gasteiger partial charge in [-0.15, -0.1) is 11.3 Å². The van der Waals surface area contributed by atoms with Gasteiger partial charge in [0.15, 0.2) is 0 Å². The molecule has 23 heavy (non-hydrogen) atoms. The highest BCUT2D eigenvalue weighted by molar-refractivity contribution is 7.09. The number of carbonyl (C=O) groups excluding carboxylic acids is 1. The first-order valence-electron chi connectivity index (χ1n) is 8.78. The molecule has 0 bridgehead atoms. The van der Waals surface area contributed by atoms with E-state index in [4.69, 9.17) is 4.74 Å². The van der Waals surface area contributed by atoms with Crippen molar-refractivity contribution >= 4 is 17.4 Å². The number of piperidine rings is 1. The summed E-state index contributed by atoms with van der Waals surface area (Å²) in [4.78, 5) is 18.6. The molecule has 1 aromatic rings. The molecule has 0 spiro atoms. The summed E-state index contributed by atoms with van der Waals surface area (Å²) >= 11 is 1.70. The number of hydrogen-bond donors (Lipinski definition) is 1. The van der Waals surface area contributed by atoms with E-state index in [2.05, 4.69) is 15.7 Å². The Morgan fingerprint density at radius 2 is 2.26 bits per heavy atom. The van der Waals surface area contributed by atoms with Crippen molar-refractivity contribution in [2.45, 2.75) is 51.6 Å². The van der Waals surface area contributed by atoms with Gasteiger partial charge in [0.1, 0.15) is 0 Å². The number of likely N-dealkylation sites (tertiary alicyclic amines) is 1. The van der Waals surface area contributed by atoms with Gasteiger partial charge in [0, 0.05) is 43.7 Å². The van der Waals surface area contributed by atoms with Crippen LogP contribution in [0.5, 0.6) is 0 Å². The molecular weight excluding hydrogens is 310 g/mol. The van der Waals surface area contributed by atoms with Crippen LogP contribution in [-0.2, 0) is 11.2 Å². The minimum absolute atomic E-state index is 0.0890. The summed E-state index contributed by atoms with van der Waals surface area (Å²) in [6, 6.07) is 0.0890. The van der Waals surface area contributed by atoms with Crippen LogP contribution in [0.15, 0.2) is 5.38 Å². The first-order valence-corrected chi connectivity index (χ1v) is 9.66. The third-order valence-electron chi connectivity index (χ3n) is 4.83. The van der Waals surface area contributed by atoms with Gasteiger partial charge in [0.2, 0.25) is 0 Å². The number of nitrogens with zero attached hydrogens (tertiary/aromatic N) is 2. The second-order valence-corrected chi connectivity index (χ2v) is 7.54. The van der Waals surface area contributed by atoms with Crippen molar-refractivity contribution in [1.82, 2.24) is 15.2 Å². The number of thiazole rings is 1. The number of rotatable bonds is 5. The van der Waals surface area contributed by atoms with E-state index in [1.165, 1.54) is 12.8 Å². The average Bonchev–Trinajstić information content (AvgIpc) is 3.23. The molecule has 0 aliphatic carbocycles. The summed E-state index contributed by atoms with van der Waals surface area (Å²) in [5.41, 5.74) is 1.09. The lowest BCUT2D eigenvalue weighted by molar-refractivity contribution is 0.0372. The van der Waals surface area contributed by atoms with Crippen LogP contribution in [0.4, 0.5) is 4.79 Å². The Balaban J connectivity index is 1.31. The molecule has 2 aliphatic rings. The summed E-state index contributed by atoms with van der Waals surface area (Å²) in [5.74, 6) is 0.648. The third kappa shape index (κ3) is 4.67. The summed E-state index contributed by atoms with van der Waals surface area (Å²) in [6.45, 7) is 5.39. The molecule has 0 aromatic carbocycles. The number of aromatic nitrogens is 1. The molecule has 0 radical (unpaired) electrons. The average molecular weight is 337 g/mol. The van der Waals surface area contributed by atoms with Crippen molar-refractivity contribution in [3.63, 3.8) is 0 Å². The molecule has 1 aromatic heterocycles. The van der Waals surface area contributed by atoms with Crippen molar-refractivity contribution in [2.24, 2.45) is 5.92 Å². The fourth-order valence-electron chi connectivity index (χ4n) is 3.51. The van der Waals surface area contributed by atoms with E-state index in [0.717, 1.165) is 62.6 Å². The number of urea groups is 1. The highest BCUT2D eigenvalue weighted by atomic mass is 32.1. The van der Waals surface area contributed by atoms with Crippen molar-refractivity contribution in [3.8, 4) is 0 Å². The van der Waals surface area contributed by atoms with Gasteiger partial charge in [-0.2, -0.15) is 0 Å². The Bertz CT molecular complexity index is 506. The first-order chi connectivity index (χ1) is 11.2. The molecule has 2 saturated heterocycles. The van der Waals surface area contributed by atoms with Crippen LogP contribution in [0.25, 0.3) is 0 Å². The smallest absolute Gasteiger partial charge is 0.317 e. The molecule has 5 nitrogen and oxygen atoms in total. The molecular formula is C17H27N3O2S. The number of ether oxygens (including phenoxy) is 1. The predicted molar refractivity (Wildman–Crippen MR) is 91.8 cm³/mol. The highest BCUT2D eigenvalue weighted by Gasteiger charge is 2.30. The standard InChI is InChI=1S/C17H27N3O2S/c1-13-12-23-16(19-13)5-2-8-18-17(21)20-9-6-14(7-10-20)15-4-3-11-22-15/h12,14-15H,2-11H2,1H3,(H,18,21). The molecule has 1 N–H and O–H groups in total. The minimum atomic E-state index is 0.0890. The minimum Gasteiger partial charge on any atom is -0.378 e. The largest absolute Gasteiger partial charge is 0.378 e. The van der Waals surface area contributed by atoms with E-state index in [1.807, 2.05) is 11.8 Å². The quantitative estimate of drug-likeness (QED) is 0.841. The van der Waals surface area contributed by atoms with Gasteiger partial charge in [0.05, 0.1) is 11.1 Å². The van der Waals surface area contributed by atoms with Crippen LogP contribution in [0.1, 0.15) is 42.8 Å². The zero-order valence-electron chi connectivity index (χ0n) is 13.9. The Hall–Kier alpha value is -1.14. The van der Waals surface area contributed by atoms with Crippen LogP contribution in [0, 0.1) is 12.8 Å². The SMILES string of the molecule is Cc1csc(CCCNC(=O)N2CCC(C3CCCO3)CC2)n1. The Kier molecular flexibility index (Phi) is 5.89. The molecule has 2 amide bonds. The molecule has 1 unspecified atom stereocenters. The fourth-order valence-corrected chi connectivity index (χ4v) is 4.33. The predicted octanol–water partition coefficient (Wildman–Crippen LogP) is 2.98. The van der Waals surface area contributed by atoms with Crippen LogP contribution in [0.2, 0.25) is 0 Å². The van der Waals surface area contributed by atoms with Crippen molar-refractivity contribution in [1.29, 1.82) is 0 Å². The lowest BCUT2D eigenvalue weighted by Gasteiger charge is -2.34. The topological polar surface area (TPSA) is 54.5 Å². The maximum atomic E-state index is 12.2. The van der Waals surface area contributed by atoms with E-state index in [-0.39, 0.29) is 6.03 Å². The molecule has 128 valence electrons.